The Hall–Kier alpha value is -4.46. The number of ether oxygens (including phenoxy) is 1. The lowest BCUT2D eigenvalue weighted by Crippen LogP contribution is -2.37. The minimum atomic E-state index is -4.02. The lowest BCUT2D eigenvalue weighted by atomic mass is 10.0. The number of anilines is 3. The van der Waals surface area contributed by atoms with Crippen LogP contribution >= 0.6 is 0 Å². The van der Waals surface area contributed by atoms with Crippen molar-refractivity contribution in [1.82, 2.24) is 19.9 Å². The van der Waals surface area contributed by atoms with Crippen LogP contribution in [0.3, 0.4) is 0 Å². The summed E-state index contributed by atoms with van der Waals surface area (Å²) < 4.78 is 33.1. The number of aromatic nitrogens is 3. The zero-order valence-corrected chi connectivity index (χ0v) is 25.7. The molecule has 1 aromatic heterocycles. The van der Waals surface area contributed by atoms with Gasteiger partial charge in [-0.2, -0.15) is 15.0 Å². The predicted molar refractivity (Wildman–Crippen MR) is 162 cm³/mol. The smallest absolute Gasteiger partial charge is 0.414 e. The maximum Gasteiger partial charge on any atom is 0.414 e. The van der Waals surface area contributed by atoms with Crippen LogP contribution in [0.5, 0.6) is 5.75 Å². The highest BCUT2D eigenvalue weighted by Crippen LogP contribution is 2.26. The number of sulfonamides is 1. The van der Waals surface area contributed by atoms with Crippen LogP contribution in [0.15, 0.2) is 53.4 Å². The Morgan fingerprint density at radius 2 is 1.74 bits per heavy atom. The number of benzene rings is 2. The topological polar surface area (TPSA) is 158 Å². The van der Waals surface area contributed by atoms with Crippen LogP contribution in [0.1, 0.15) is 30.9 Å². The number of carbonyl (C=O) groups excluding carboxylic acids is 1. The Bertz CT molecular complexity index is 1550. The molecule has 2 aromatic carbocycles. The normalized spacial score (nSPS) is 15.8. The lowest BCUT2D eigenvalue weighted by Gasteiger charge is -2.31. The third-order valence-corrected chi connectivity index (χ3v) is 8.80. The summed E-state index contributed by atoms with van der Waals surface area (Å²) in [5.41, 5.74) is 1.57. The monoisotopic (exact) mass is 611 g/mol. The molecule has 3 aromatic rings. The number of amides is 1. The third kappa shape index (κ3) is 7.89. The Balaban J connectivity index is 1.63. The van der Waals surface area contributed by atoms with E-state index in [2.05, 4.69) is 27.2 Å². The maximum atomic E-state index is 13.5. The standard InChI is InChI=1S/C29H37N7O6S/c1-19-8-14-23(15-9-19)43(40,41)35(5)27-31-26(32-28(33-27)36-16-6-7-20(2)18-36)30-24(25(37)38)17-21-10-12-22(13-11-21)42-29(39)34(3)4/h8-15,20,24H,6-7,16-18H2,1-5H3,(H,37,38)(H,30,31,32,33)/t20?,24-/m0/s1. The highest BCUT2D eigenvalue weighted by atomic mass is 32.2. The molecule has 1 unspecified atom stereocenters. The van der Waals surface area contributed by atoms with E-state index in [-0.39, 0.29) is 29.2 Å². The molecule has 1 saturated heterocycles. The van der Waals surface area contributed by atoms with E-state index in [4.69, 9.17) is 4.74 Å². The molecular formula is C29H37N7O6S. The number of nitrogens with one attached hydrogen (secondary N) is 1. The molecule has 1 aliphatic heterocycles. The van der Waals surface area contributed by atoms with Gasteiger partial charge in [0.2, 0.25) is 17.8 Å². The fraction of sp³-hybridized carbons (Fsp3) is 0.414. The number of hydrogen-bond acceptors (Lipinski definition) is 10. The van der Waals surface area contributed by atoms with Crippen molar-refractivity contribution in [2.75, 3.05) is 48.8 Å². The first-order valence-electron chi connectivity index (χ1n) is 13.9. The molecule has 0 bridgehead atoms. The second-order valence-electron chi connectivity index (χ2n) is 10.9. The number of carboxylic acid groups (broad SMARTS) is 1. The molecule has 13 nitrogen and oxygen atoms in total. The van der Waals surface area contributed by atoms with Crippen molar-refractivity contribution >= 4 is 39.9 Å². The average Bonchev–Trinajstić information content (AvgIpc) is 2.97. The molecule has 0 saturated carbocycles. The Morgan fingerprint density at radius 1 is 1.07 bits per heavy atom. The van der Waals surface area contributed by atoms with Gasteiger partial charge >= 0.3 is 12.1 Å². The first kappa shape index (κ1) is 31.5. The summed E-state index contributed by atoms with van der Waals surface area (Å²) in [5.74, 6) is -0.385. The summed E-state index contributed by atoms with van der Waals surface area (Å²) in [5, 5.41) is 12.9. The van der Waals surface area contributed by atoms with E-state index < -0.39 is 28.1 Å². The summed E-state index contributed by atoms with van der Waals surface area (Å²) in [4.78, 5) is 40.8. The first-order valence-corrected chi connectivity index (χ1v) is 15.3. The van der Waals surface area contributed by atoms with Gasteiger partial charge in [0.1, 0.15) is 11.8 Å². The van der Waals surface area contributed by atoms with Crippen LogP contribution in [0, 0.1) is 12.8 Å². The van der Waals surface area contributed by atoms with E-state index in [0.29, 0.717) is 30.3 Å². The van der Waals surface area contributed by atoms with Crippen LogP contribution in [-0.4, -0.2) is 85.7 Å². The fourth-order valence-corrected chi connectivity index (χ4v) is 5.62. The van der Waals surface area contributed by atoms with Crippen molar-refractivity contribution in [1.29, 1.82) is 0 Å². The molecule has 0 radical (unpaired) electrons. The van der Waals surface area contributed by atoms with Crippen LogP contribution in [0.2, 0.25) is 0 Å². The molecule has 1 fully saturated rings. The van der Waals surface area contributed by atoms with Crippen LogP contribution < -0.4 is 19.3 Å². The summed E-state index contributed by atoms with van der Waals surface area (Å²) in [6.07, 6.45) is 1.48. The minimum absolute atomic E-state index is 0.0475. The summed E-state index contributed by atoms with van der Waals surface area (Å²) in [6.45, 7) is 5.33. The Kier molecular flexibility index (Phi) is 9.69. The quantitative estimate of drug-likeness (QED) is 0.346. The molecule has 1 aliphatic rings. The number of piperidine rings is 1. The minimum Gasteiger partial charge on any atom is -0.480 e. The van der Waals surface area contributed by atoms with E-state index >= 15 is 0 Å². The van der Waals surface area contributed by atoms with Crippen molar-refractivity contribution in [3.05, 3.63) is 59.7 Å². The molecular weight excluding hydrogens is 574 g/mol. The Labute approximate surface area is 251 Å². The van der Waals surface area contributed by atoms with E-state index in [1.165, 1.54) is 24.1 Å². The molecule has 2 heterocycles. The van der Waals surface area contributed by atoms with Gasteiger partial charge in [-0.25, -0.2) is 22.3 Å². The largest absolute Gasteiger partial charge is 0.480 e. The first-order chi connectivity index (χ1) is 20.3. The second-order valence-corrected chi connectivity index (χ2v) is 12.9. The molecule has 2 atom stereocenters. The second kappa shape index (κ2) is 13.2. The van der Waals surface area contributed by atoms with Gasteiger partial charge in [-0.15, -0.1) is 0 Å². The molecule has 0 aliphatic carbocycles. The van der Waals surface area contributed by atoms with Gasteiger partial charge in [-0.3, -0.25) is 0 Å². The van der Waals surface area contributed by atoms with Gasteiger partial charge in [-0.1, -0.05) is 36.8 Å². The fourth-order valence-electron chi connectivity index (χ4n) is 4.52. The van der Waals surface area contributed by atoms with Crippen molar-refractivity contribution in [3.8, 4) is 5.75 Å². The number of aliphatic carboxylic acids is 1. The van der Waals surface area contributed by atoms with E-state index in [9.17, 15) is 23.1 Å². The molecule has 43 heavy (non-hydrogen) atoms. The zero-order chi connectivity index (χ0) is 31.3. The number of carbonyl (C=O) groups is 2. The van der Waals surface area contributed by atoms with Crippen LogP contribution in [-0.2, 0) is 21.2 Å². The van der Waals surface area contributed by atoms with Crippen molar-refractivity contribution in [2.45, 2.75) is 44.0 Å². The predicted octanol–water partition coefficient (Wildman–Crippen LogP) is 3.41. The van der Waals surface area contributed by atoms with E-state index in [0.717, 1.165) is 22.7 Å². The van der Waals surface area contributed by atoms with Crippen molar-refractivity contribution in [2.24, 2.45) is 5.92 Å². The number of nitrogens with zero attached hydrogens (tertiary/aromatic N) is 6. The highest BCUT2D eigenvalue weighted by molar-refractivity contribution is 7.92. The van der Waals surface area contributed by atoms with Gasteiger partial charge in [0.25, 0.3) is 10.0 Å². The summed E-state index contributed by atoms with van der Waals surface area (Å²) >= 11 is 0. The summed E-state index contributed by atoms with van der Waals surface area (Å²) in [7, 11) is 0.479. The van der Waals surface area contributed by atoms with Crippen molar-refractivity contribution in [3.63, 3.8) is 0 Å². The number of aryl methyl sites for hydroxylation is 1. The Morgan fingerprint density at radius 3 is 2.35 bits per heavy atom. The van der Waals surface area contributed by atoms with Crippen molar-refractivity contribution < 1.29 is 27.9 Å². The van der Waals surface area contributed by atoms with Gasteiger partial charge in [0.15, 0.2) is 0 Å². The number of carboxylic acids is 1. The molecule has 230 valence electrons. The summed E-state index contributed by atoms with van der Waals surface area (Å²) in [6, 6.07) is 11.8. The van der Waals surface area contributed by atoms with Gasteiger partial charge in [0, 0.05) is 40.7 Å². The van der Waals surface area contributed by atoms with E-state index in [1.54, 1.807) is 50.5 Å². The molecule has 1 amide bonds. The number of hydrogen-bond donors (Lipinski definition) is 2. The molecule has 4 rings (SSSR count). The molecule has 14 heteroatoms. The number of rotatable bonds is 10. The SMILES string of the molecule is Cc1ccc(S(=O)(=O)N(C)c2nc(N[C@@H](Cc3ccc(OC(=O)N(C)C)cc3)C(=O)O)nc(N3CCCC(C)C3)n2)cc1. The van der Waals surface area contributed by atoms with Crippen LogP contribution in [0.25, 0.3) is 0 Å². The van der Waals surface area contributed by atoms with E-state index in [1.807, 2.05) is 11.8 Å². The molecule has 0 spiro atoms. The lowest BCUT2D eigenvalue weighted by molar-refractivity contribution is -0.137. The third-order valence-electron chi connectivity index (χ3n) is 7.05. The van der Waals surface area contributed by atoms with Gasteiger partial charge in [-0.05, 0) is 55.5 Å². The molecule has 2 N–H and O–H groups in total. The highest BCUT2D eigenvalue weighted by Gasteiger charge is 2.28. The average molecular weight is 612 g/mol. The van der Waals surface area contributed by atoms with Gasteiger partial charge in [0.05, 0.1) is 4.90 Å². The zero-order valence-electron chi connectivity index (χ0n) is 24.9. The maximum absolute atomic E-state index is 13.5. The van der Waals surface area contributed by atoms with Gasteiger partial charge < -0.3 is 25.0 Å². The van der Waals surface area contributed by atoms with Crippen LogP contribution in [0.4, 0.5) is 22.6 Å².